The van der Waals surface area contributed by atoms with Gasteiger partial charge < -0.3 is 4.74 Å². The van der Waals surface area contributed by atoms with Crippen LogP contribution in [0.5, 0.6) is 0 Å². The summed E-state index contributed by atoms with van der Waals surface area (Å²) in [5, 5.41) is 4.97. The van der Waals surface area contributed by atoms with Gasteiger partial charge in [-0.2, -0.15) is 0 Å². The van der Waals surface area contributed by atoms with E-state index in [1.54, 1.807) is 6.08 Å². The molecule has 0 heterocycles. The van der Waals surface area contributed by atoms with Crippen LogP contribution in [0.15, 0.2) is 46.7 Å². The van der Waals surface area contributed by atoms with Crippen molar-refractivity contribution in [2.24, 2.45) is 5.14 Å². The summed E-state index contributed by atoms with van der Waals surface area (Å²) in [5.41, 5.74) is 0. The van der Waals surface area contributed by atoms with Crippen molar-refractivity contribution >= 4 is 20.0 Å². The van der Waals surface area contributed by atoms with Crippen LogP contribution in [0, 0.1) is 0 Å². The Bertz CT molecular complexity index is 683. The first-order valence-corrected chi connectivity index (χ1v) is 9.11. The van der Waals surface area contributed by atoms with Gasteiger partial charge >= 0.3 is 0 Å². The molecule has 1 aromatic carbocycles. The highest BCUT2D eigenvalue weighted by Gasteiger charge is 2.16. The number of rotatable bonds is 9. The van der Waals surface area contributed by atoms with Crippen molar-refractivity contribution in [1.29, 1.82) is 0 Å². The van der Waals surface area contributed by atoms with Crippen molar-refractivity contribution in [3.8, 4) is 0 Å². The van der Waals surface area contributed by atoms with Crippen LogP contribution in [0.3, 0.4) is 0 Å². The van der Waals surface area contributed by atoms with E-state index in [1.165, 1.54) is 18.2 Å². The number of benzene rings is 1. The van der Waals surface area contributed by atoms with Crippen LogP contribution in [0.25, 0.3) is 0 Å². The van der Waals surface area contributed by atoms with Gasteiger partial charge in [0.1, 0.15) is 0 Å². The highest BCUT2D eigenvalue weighted by atomic mass is 32.2. The molecule has 0 fully saturated rings. The second-order valence-electron chi connectivity index (χ2n) is 4.11. The van der Waals surface area contributed by atoms with Gasteiger partial charge in [-0.15, -0.1) is 6.58 Å². The van der Waals surface area contributed by atoms with E-state index in [9.17, 15) is 16.8 Å². The van der Waals surface area contributed by atoms with Crippen molar-refractivity contribution in [3.05, 3.63) is 36.9 Å². The number of ether oxygens (including phenoxy) is 1. The Labute approximate surface area is 124 Å². The molecular formula is C12H18N2O5S2. The second-order valence-corrected chi connectivity index (χ2v) is 7.44. The van der Waals surface area contributed by atoms with Gasteiger partial charge in [0.15, 0.2) is 0 Å². The minimum Gasteiger partial charge on any atom is -0.380 e. The molecule has 118 valence electrons. The first-order chi connectivity index (χ1) is 9.77. The van der Waals surface area contributed by atoms with Gasteiger partial charge in [-0.25, -0.2) is 26.7 Å². The van der Waals surface area contributed by atoms with Crippen LogP contribution in [0.1, 0.15) is 6.42 Å². The summed E-state index contributed by atoms with van der Waals surface area (Å²) in [7, 11) is -7.75. The number of nitrogens with two attached hydrogens (primary N) is 1. The normalized spacial score (nSPS) is 12.2. The predicted octanol–water partition coefficient (Wildman–Crippen LogP) is 0.205. The van der Waals surface area contributed by atoms with Crippen LogP contribution >= 0.6 is 0 Å². The Morgan fingerprint density at radius 2 is 1.86 bits per heavy atom. The molecule has 0 bridgehead atoms. The molecule has 0 saturated carbocycles. The van der Waals surface area contributed by atoms with E-state index in [2.05, 4.69) is 11.3 Å². The molecule has 0 atom stereocenters. The van der Waals surface area contributed by atoms with E-state index in [1.807, 2.05) is 0 Å². The van der Waals surface area contributed by atoms with Gasteiger partial charge in [0.05, 0.1) is 23.0 Å². The lowest BCUT2D eigenvalue weighted by molar-refractivity contribution is 0.144. The molecule has 0 aliphatic heterocycles. The molecule has 3 N–H and O–H groups in total. The topological polar surface area (TPSA) is 116 Å². The van der Waals surface area contributed by atoms with Gasteiger partial charge in [-0.1, -0.05) is 12.1 Å². The lowest BCUT2D eigenvalue weighted by atomic mass is 10.4. The fourth-order valence-electron chi connectivity index (χ4n) is 1.42. The van der Waals surface area contributed by atoms with Crippen molar-refractivity contribution in [1.82, 2.24) is 4.72 Å². The Morgan fingerprint density at radius 3 is 2.48 bits per heavy atom. The number of primary sulfonamides is 1. The molecule has 9 heteroatoms. The van der Waals surface area contributed by atoms with Crippen molar-refractivity contribution in [2.45, 2.75) is 16.2 Å². The van der Waals surface area contributed by atoms with Gasteiger partial charge in [0.2, 0.25) is 20.0 Å². The lowest BCUT2D eigenvalue weighted by Crippen LogP contribution is -2.27. The molecule has 0 spiro atoms. The van der Waals surface area contributed by atoms with Crippen molar-refractivity contribution in [2.75, 3.05) is 19.8 Å². The summed E-state index contributed by atoms with van der Waals surface area (Å²) >= 11 is 0. The molecule has 0 radical (unpaired) electrons. The summed E-state index contributed by atoms with van der Waals surface area (Å²) in [4.78, 5) is -0.423. The maximum atomic E-state index is 12.0. The summed E-state index contributed by atoms with van der Waals surface area (Å²) in [6.45, 7) is 4.29. The Morgan fingerprint density at radius 1 is 1.19 bits per heavy atom. The first-order valence-electron chi connectivity index (χ1n) is 6.08. The molecule has 0 amide bonds. The number of hydrogen-bond acceptors (Lipinski definition) is 5. The fraction of sp³-hybridized carbons (Fsp3) is 0.333. The van der Waals surface area contributed by atoms with E-state index in [-0.39, 0.29) is 22.9 Å². The van der Waals surface area contributed by atoms with Gasteiger partial charge in [-0.3, -0.25) is 0 Å². The summed E-state index contributed by atoms with van der Waals surface area (Å²) in [6, 6.07) is 4.84. The summed E-state index contributed by atoms with van der Waals surface area (Å²) < 4.78 is 53.9. The zero-order valence-electron chi connectivity index (χ0n) is 11.4. The molecule has 0 unspecified atom stereocenters. The maximum absolute atomic E-state index is 12.0. The molecule has 0 aromatic heterocycles. The zero-order chi connectivity index (χ0) is 15.9. The number of sulfonamides is 2. The third-order valence-corrected chi connectivity index (χ3v) is 4.82. The Balaban J connectivity index is 2.69. The van der Waals surface area contributed by atoms with Gasteiger partial charge in [-0.05, 0) is 24.6 Å². The van der Waals surface area contributed by atoms with Crippen LogP contribution in [0.2, 0.25) is 0 Å². The van der Waals surface area contributed by atoms with Gasteiger partial charge in [0.25, 0.3) is 0 Å². The molecule has 1 rings (SSSR count). The third kappa shape index (κ3) is 5.94. The highest BCUT2D eigenvalue weighted by Crippen LogP contribution is 2.14. The third-order valence-electron chi connectivity index (χ3n) is 2.45. The molecule has 1 aromatic rings. The predicted molar refractivity (Wildman–Crippen MR) is 78.6 cm³/mol. The summed E-state index contributed by atoms with van der Waals surface area (Å²) in [5.74, 6) is 0. The molecule has 7 nitrogen and oxygen atoms in total. The minimum absolute atomic E-state index is 0.0824. The van der Waals surface area contributed by atoms with Crippen LogP contribution in [-0.2, 0) is 24.8 Å². The molecule has 21 heavy (non-hydrogen) atoms. The summed E-state index contributed by atoms with van der Waals surface area (Å²) in [6.07, 6.45) is 2.38. The Hall–Kier alpha value is -1.26. The van der Waals surface area contributed by atoms with Gasteiger partial charge in [0, 0.05) is 6.54 Å². The van der Waals surface area contributed by atoms with E-state index >= 15 is 0 Å². The van der Waals surface area contributed by atoms with Crippen molar-refractivity contribution in [3.63, 3.8) is 0 Å². The maximum Gasteiger partial charge on any atom is 0.240 e. The standard InChI is InChI=1S/C12H18N2O5S2/c1-2-3-8-19-9-7-14-21(17,18)12-6-4-5-11(10-12)20(13,15)16/h2,4-6,10,14H,1,3,7-9H2,(H2,13,15,16). The molecule has 0 aliphatic carbocycles. The van der Waals surface area contributed by atoms with Crippen LogP contribution in [0.4, 0.5) is 0 Å². The van der Waals surface area contributed by atoms with Crippen LogP contribution in [-0.4, -0.2) is 36.6 Å². The highest BCUT2D eigenvalue weighted by molar-refractivity contribution is 7.90. The second kappa shape index (κ2) is 7.66. The molecule has 0 saturated heterocycles. The van der Waals surface area contributed by atoms with E-state index in [0.717, 1.165) is 6.07 Å². The SMILES string of the molecule is C=CCCOCCNS(=O)(=O)c1cccc(S(N)(=O)=O)c1. The molecule has 0 aliphatic rings. The quantitative estimate of drug-likeness (QED) is 0.494. The Kier molecular flexibility index (Phi) is 6.49. The molecular weight excluding hydrogens is 316 g/mol. The van der Waals surface area contributed by atoms with E-state index in [4.69, 9.17) is 9.88 Å². The number of nitrogens with one attached hydrogen (secondary N) is 1. The van der Waals surface area contributed by atoms with Crippen molar-refractivity contribution < 1.29 is 21.6 Å². The smallest absolute Gasteiger partial charge is 0.240 e. The van der Waals surface area contributed by atoms with E-state index in [0.29, 0.717) is 13.0 Å². The minimum atomic E-state index is -3.95. The number of hydrogen-bond donors (Lipinski definition) is 2. The van der Waals surface area contributed by atoms with Crippen LogP contribution < -0.4 is 9.86 Å². The monoisotopic (exact) mass is 334 g/mol. The fourth-order valence-corrected chi connectivity index (χ4v) is 3.11. The zero-order valence-corrected chi connectivity index (χ0v) is 13.0. The largest absolute Gasteiger partial charge is 0.380 e. The first kappa shape index (κ1) is 17.8. The average molecular weight is 334 g/mol. The average Bonchev–Trinajstić information content (AvgIpc) is 2.42. The lowest BCUT2D eigenvalue weighted by Gasteiger charge is -2.08. The van der Waals surface area contributed by atoms with E-state index < -0.39 is 20.0 Å².